The molecule has 1 atom stereocenters. The van der Waals surface area contributed by atoms with Crippen molar-refractivity contribution in [2.75, 3.05) is 0 Å². The highest BCUT2D eigenvalue weighted by Gasteiger charge is 2.24. The molecule has 0 aliphatic carbocycles. The van der Waals surface area contributed by atoms with Gasteiger partial charge in [-0.25, -0.2) is 9.59 Å². The van der Waals surface area contributed by atoms with E-state index in [2.05, 4.69) is 21.2 Å². The average molecular weight is 350 g/mol. The van der Waals surface area contributed by atoms with E-state index in [4.69, 9.17) is 9.84 Å². The number of carbonyl (C=O) groups is 2. The predicted molar refractivity (Wildman–Crippen MR) is 76.5 cm³/mol. The molecule has 0 saturated carbocycles. The lowest BCUT2D eigenvalue weighted by Gasteiger charge is -2.21. The molecular formula is C12H16BrNO4S. The van der Waals surface area contributed by atoms with Crippen molar-refractivity contribution in [1.82, 2.24) is 5.32 Å². The van der Waals surface area contributed by atoms with E-state index in [0.717, 1.165) is 8.66 Å². The molecule has 1 rings (SSSR count). The number of ether oxygens (including phenoxy) is 1. The third kappa shape index (κ3) is 6.07. The Morgan fingerprint density at radius 2 is 2.11 bits per heavy atom. The zero-order valence-corrected chi connectivity index (χ0v) is 13.3. The lowest BCUT2D eigenvalue weighted by molar-refractivity contribution is -0.139. The van der Waals surface area contributed by atoms with Crippen LogP contribution < -0.4 is 5.32 Å². The van der Waals surface area contributed by atoms with Crippen molar-refractivity contribution in [1.29, 1.82) is 0 Å². The van der Waals surface area contributed by atoms with Gasteiger partial charge < -0.3 is 15.2 Å². The first-order valence-electron chi connectivity index (χ1n) is 5.64. The second-order valence-corrected chi connectivity index (χ2v) is 7.49. The fraction of sp³-hybridized carbons (Fsp3) is 0.500. The normalized spacial score (nSPS) is 12.8. The maximum absolute atomic E-state index is 11.6. The van der Waals surface area contributed by atoms with Crippen LogP contribution in [0.5, 0.6) is 0 Å². The first-order chi connectivity index (χ1) is 8.67. The standard InChI is InChI=1S/C12H16BrNO4S/c1-12(2,3)18-11(17)14-8(10(15)16)6-7-4-5-9(13)19-7/h4-5,8H,6H2,1-3H3,(H,14,17)(H,15,16)/t8-/m0/s1. The van der Waals surface area contributed by atoms with E-state index < -0.39 is 23.7 Å². The SMILES string of the molecule is CC(C)(C)OC(=O)N[C@@H](Cc1ccc(Br)s1)C(=O)O. The largest absolute Gasteiger partial charge is 0.480 e. The highest BCUT2D eigenvalue weighted by molar-refractivity contribution is 9.11. The van der Waals surface area contributed by atoms with Crippen LogP contribution in [-0.2, 0) is 16.0 Å². The fourth-order valence-corrected chi connectivity index (χ4v) is 2.84. The second kappa shape index (κ2) is 6.38. The Labute approximate surface area is 124 Å². The molecule has 0 bridgehead atoms. The van der Waals surface area contributed by atoms with E-state index in [0.29, 0.717) is 0 Å². The van der Waals surface area contributed by atoms with E-state index in [-0.39, 0.29) is 6.42 Å². The number of aliphatic carboxylic acids is 1. The summed E-state index contributed by atoms with van der Waals surface area (Å²) in [6.07, 6.45) is -0.499. The first-order valence-corrected chi connectivity index (χ1v) is 7.25. The molecule has 0 saturated heterocycles. The molecule has 1 amide bonds. The number of rotatable bonds is 4. The molecule has 106 valence electrons. The fourth-order valence-electron chi connectivity index (χ4n) is 1.31. The smallest absolute Gasteiger partial charge is 0.408 e. The van der Waals surface area contributed by atoms with Gasteiger partial charge in [0.1, 0.15) is 11.6 Å². The van der Waals surface area contributed by atoms with E-state index >= 15 is 0 Å². The summed E-state index contributed by atoms with van der Waals surface area (Å²) < 4.78 is 5.96. The summed E-state index contributed by atoms with van der Waals surface area (Å²) >= 11 is 4.74. The number of thiophene rings is 1. The second-order valence-electron chi connectivity index (χ2n) is 4.95. The topological polar surface area (TPSA) is 75.6 Å². The minimum absolute atomic E-state index is 0.227. The predicted octanol–water partition coefficient (Wildman–Crippen LogP) is 3.03. The molecule has 0 aliphatic heterocycles. The Morgan fingerprint density at radius 1 is 1.47 bits per heavy atom. The molecule has 1 heterocycles. The van der Waals surface area contributed by atoms with Gasteiger partial charge in [-0.3, -0.25) is 0 Å². The van der Waals surface area contributed by atoms with Gasteiger partial charge in [0.25, 0.3) is 0 Å². The molecule has 1 aromatic rings. The van der Waals surface area contributed by atoms with Gasteiger partial charge in [-0.1, -0.05) is 0 Å². The zero-order valence-electron chi connectivity index (χ0n) is 10.9. The van der Waals surface area contributed by atoms with Gasteiger partial charge in [0, 0.05) is 11.3 Å². The van der Waals surface area contributed by atoms with E-state index in [9.17, 15) is 9.59 Å². The Bertz CT molecular complexity index is 467. The molecule has 19 heavy (non-hydrogen) atoms. The van der Waals surface area contributed by atoms with Crippen LogP contribution in [0.2, 0.25) is 0 Å². The number of nitrogens with one attached hydrogen (secondary N) is 1. The van der Waals surface area contributed by atoms with Crippen molar-refractivity contribution >= 4 is 39.3 Å². The summed E-state index contributed by atoms with van der Waals surface area (Å²) in [5, 5.41) is 11.5. The molecule has 0 aromatic carbocycles. The molecule has 1 aromatic heterocycles. The number of alkyl carbamates (subject to hydrolysis) is 1. The summed E-state index contributed by atoms with van der Waals surface area (Å²) in [6.45, 7) is 5.16. The average Bonchev–Trinajstić information content (AvgIpc) is 2.60. The summed E-state index contributed by atoms with van der Waals surface area (Å²) in [5.74, 6) is -1.09. The highest BCUT2D eigenvalue weighted by atomic mass is 79.9. The quantitative estimate of drug-likeness (QED) is 0.875. The Balaban J connectivity index is 2.63. The van der Waals surface area contributed by atoms with Gasteiger partial charge in [0.2, 0.25) is 0 Å². The molecule has 0 fully saturated rings. The molecule has 7 heteroatoms. The molecule has 5 nitrogen and oxygen atoms in total. The number of carboxylic acids is 1. The molecule has 0 radical (unpaired) electrons. The third-order valence-corrected chi connectivity index (χ3v) is 3.67. The lowest BCUT2D eigenvalue weighted by Crippen LogP contribution is -2.44. The molecule has 2 N–H and O–H groups in total. The number of carboxylic acid groups (broad SMARTS) is 1. The van der Waals surface area contributed by atoms with E-state index in [1.807, 2.05) is 12.1 Å². The van der Waals surface area contributed by atoms with Gasteiger partial charge in [0.15, 0.2) is 0 Å². The van der Waals surface area contributed by atoms with Crippen molar-refractivity contribution < 1.29 is 19.4 Å². The van der Waals surface area contributed by atoms with Crippen LogP contribution in [0, 0.1) is 0 Å². The van der Waals surface area contributed by atoms with Gasteiger partial charge in [0.05, 0.1) is 3.79 Å². The van der Waals surface area contributed by atoms with Gasteiger partial charge in [-0.15, -0.1) is 11.3 Å². The van der Waals surface area contributed by atoms with Crippen LogP contribution in [0.25, 0.3) is 0 Å². The Hall–Kier alpha value is -1.08. The van der Waals surface area contributed by atoms with Crippen LogP contribution >= 0.6 is 27.3 Å². The Morgan fingerprint density at radius 3 is 2.53 bits per heavy atom. The lowest BCUT2D eigenvalue weighted by atomic mass is 10.2. The summed E-state index contributed by atoms with van der Waals surface area (Å²) in [7, 11) is 0. The highest BCUT2D eigenvalue weighted by Crippen LogP contribution is 2.23. The minimum Gasteiger partial charge on any atom is -0.480 e. The summed E-state index contributed by atoms with van der Waals surface area (Å²) in [5.41, 5.74) is -0.654. The van der Waals surface area contributed by atoms with Crippen molar-refractivity contribution in [3.05, 3.63) is 20.8 Å². The number of hydrogen-bond acceptors (Lipinski definition) is 4. The van der Waals surface area contributed by atoms with Gasteiger partial charge in [-0.05, 0) is 48.8 Å². The maximum atomic E-state index is 11.6. The minimum atomic E-state index is -1.09. The van der Waals surface area contributed by atoms with Crippen LogP contribution in [0.15, 0.2) is 15.9 Å². The molecule has 0 aliphatic rings. The van der Waals surface area contributed by atoms with Crippen molar-refractivity contribution in [3.8, 4) is 0 Å². The van der Waals surface area contributed by atoms with Crippen molar-refractivity contribution in [2.45, 2.75) is 38.8 Å². The summed E-state index contributed by atoms with van der Waals surface area (Å²) in [6, 6.07) is 2.66. The Kier molecular flexibility index (Phi) is 5.37. The van der Waals surface area contributed by atoms with Crippen LogP contribution in [0.3, 0.4) is 0 Å². The maximum Gasteiger partial charge on any atom is 0.408 e. The number of amides is 1. The number of hydrogen-bond donors (Lipinski definition) is 2. The van der Waals surface area contributed by atoms with E-state index in [1.54, 1.807) is 20.8 Å². The van der Waals surface area contributed by atoms with Gasteiger partial charge in [-0.2, -0.15) is 0 Å². The van der Waals surface area contributed by atoms with Crippen LogP contribution in [-0.4, -0.2) is 28.8 Å². The first kappa shape index (κ1) is 16.0. The molecule has 0 unspecified atom stereocenters. The zero-order chi connectivity index (χ0) is 14.6. The summed E-state index contributed by atoms with van der Waals surface area (Å²) in [4.78, 5) is 23.6. The van der Waals surface area contributed by atoms with Crippen molar-refractivity contribution in [3.63, 3.8) is 0 Å². The monoisotopic (exact) mass is 349 g/mol. The van der Waals surface area contributed by atoms with Gasteiger partial charge >= 0.3 is 12.1 Å². The molecular weight excluding hydrogens is 334 g/mol. The molecule has 0 spiro atoms. The number of halogens is 1. The van der Waals surface area contributed by atoms with E-state index in [1.165, 1.54) is 11.3 Å². The van der Waals surface area contributed by atoms with Crippen LogP contribution in [0.4, 0.5) is 4.79 Å². The number of carbonyl (C=O) groups excluding carboxylic acids is 1. The third-order valence-electron chi connectivity index (χ3n) is 2.02. The van der Waals surface area contributed by atoms with Crippen molar-refractivity contribution in [2.24, 2.45) is 0 Å². The van der Waals surface area contributed by atoms with Crippen LogP contribution in [0.1, 0.15) is 25.6 Å².